The first kappa shape index (κ1) is 13.5. The molecule has 20 heavy (non-hydrogen) atoms. The average Bonchev–Trinajstić information content (AvgIpc) is 2.76. The fourth-order valence-electron chi connectivity index (χ4n) is 3.89. The molecule has 1 aromatic rings. The third-order valence-electron chi connectivity index (χ3n) is 4.71. The summed E-state index contributed by atoms with van der Waals surface area (Å²) in [5, 5.41) is 3.62. The SMILES string of the molecule is Cc1cc(C)cc(NCC2=CC=CC3C[C@H](C)CC23)c1. The predicted molar refractivity (Wildman–Crippen MR) is 87.0 cm³/mol. The molecule has 1 nitrogen and oxygen atoms in total. The predicted octanol–water partition coefficient (Wildman–Crippen LogP) is 4.87. The lowest BCUT2D eigenvalue weighted by atomic mass is 9.84. The third kappa shape index (κ3) is 2.82. The Hall–Kier alpha value is -1.50. The number of rotatable bonds is 3. The maximum Gasteiger partial charge on any atom is 0.0366 e. The van der Waals surface area contributed by atoms with Crippen LogP contribution in [0.1, 0.15) is 30.9 Å². The minimum Gasteiger partial charge on any atom is -0.381 e. The monoisotopic (exact) mass is 267 g/mol. The Kier molecular flexibility index (Phi) is 3.69. The quantitative estimate of drug-likeness (QED) is 0.823. The van der Waals surface area contributed by atoms with Crippen LogP contribution >= 0.6 is 0 Å². The van der Waals surface area contributed by atoms with Crippen LogP contribution in [-0.2, 0) is 0 Å². The largest absolute Gasteiger partial charge is 0.381 e. The summed E-state index contributed by atoms with van der Waals surface area (Å²) in [4.78, 5) is 0. The van der Waals surface area contributed by atoms with Crippen LogP contribution in [0.5, 0.6) is 0 Å². The van der Waals surface area contributed by atoms with Crippen molar-refractivity contribution in [2.24, 2.45) is 17.8 Å². The van der Waals surface area contributed by atoms with Gasteiger partial charge in [-0.3, -0.25) is 0 Å². The highest BCUT2D eigenvalue weighted by Crippen LogP contribution is 2.43. The number of fused-ring (bicyclic) bond motifs is 1. The van der Waals surface area contributed by atoms with Crippen molar-refractivity contribution < 1.29 is 0 Å². The fraction of sp³-hybridized carbons (Fsp3) is 0.474. The molecule has 2 aliphatic rings. The number of hydrogen-bond acceptors (Lipinski definition) is 1. The maximum absolute atomic E-state index is 3.62. The Morgan fingerprint density at radius 3 is 2.60 bits per heavy atom. The molecular formula is C19H25N. The first-order valence-electron chi connectivity index (χ1n) is 7.81. The second kappa shape index (κ2) is 5.47. The molecule has 1 aromatic carbocycles. The summed E-state index contributed by atoms with van der Waals surface area (Å²) in [7, 11) is 0. The number of hydrogen-bond donors (Lipinski definition) is 1. The van der Waals surface area contributed by atoms with Gasteiger partial charge in [-0.25, -0.2) is 0 Å². The second-order valence-corrected chi connectivity index (χ2v) is 6.70. The molecule has 0 bridgehead atoms. The van der Waals surface area contributed by atoms with E-state index in [1.54, 1.807) is 5.57 Å². The molecule has 0 saturated heterocycles. The molecule has 0 amide bonds. The van der Waals surface area contributed by atoms with Gasteiger partial charge < -0.3 is 5.32 Å². The highest BCUT2D eigenvalue weighted by Gasteiger charge is 2.33. The first-order valence-corrected chi connectivity index (χ1v) is 7.81. The van der Waals surface area contributed by atoms with Gasteiger partial charge in [-0.1, -0.05) is 31.2 Å². The molecule has 3 atom stereocenters. The van der Waals surface area contributed by atoms with Crippen molar-refractivity contribution >= 4 is 5.69 Å². The van der Waals surface area contributed by atoms with Crippen molar-refractivity contribution in [3.8, 4) is 0 Å². The van der Waals surface area contributed by atoms with Gasteiger partial charge in [0.05, 0.1) is 0 Å². The molecule has 0 spiro atoms. The lowest BCUT2D eigenvalue weighted by molar-refractivity contribution is 0.517. The van der Waals surface area contributed by atoms with Gasteiger partial charge in [-0.05, 0) is 73.3 Å². The summed E-state index contributed by atoms with van der Waals surface area (Å²) in [6.45, 7) is 7.70. The van der Waals surface area contributed by atoms with Crippen LogP contribution in [0.3, 0.4) is 0 Å². The summed E-state index contributed by atoms with van der Waals surface area (Å²) in [5.74, 6) is 2.43. The minimum atomic E-state index is 0.772. The third-order valence-corrected chi connectivity index (χ3v) is 4.71. The van der Waals surface area contributed by atoms with Crippen molar-refractivity contribution in [2.75, 3.05) is 11.9 Å². The van der Waals surface area contributed by atoms with Crippen LogP contribution < -0.4 is 5.32 Å². The molecule has 3 rings (SSSR count). The molecule has 0 aliphatic heterocycles. The van der Waals surface area contributed by atoms with Gasteiger partial charge in [0.25, 0.3) is 0 Å². The molecule has 1 saturated carbocycles. The molecule has 1 fully saturated rings. The summed E-state index contributed by atoms with van der Waals surface area (Å²) >= 11 is 0. The Bertz CT molecular complexity index is 533. The van der Waals surface area contributed by atoms with Gasteiger partial charge >= 0.3 is 0 Å². The average molecular weight is 267 g/mol. The van der Waals surface area contributed by atoms with E-state index >= 15 is 0 Å². The zero-order chi connectivity index (χ0) is 14.1. The minimum absolute atomic E-state index is 0.772. The van der Waals surface area contributed by atoms with E-state index in [2.05, 4.69) is 62.5 Å². The fourth-order valence-corrected chi connectivity index (χ4v) is 3.89. The number of aryl methyl sites for hydroxylation is 2. The van der Waals surface area contributed by atoms with Gasteiger partial charge in [0.2, 0.25) is 0 Å². The van der Waals surface area contributed by atoms with Gasteiger partial charge in [0.1, 0.15) is 0 Å². The zero-order valence-electron chi connectivity index (χ0n) is 12.8. The Morgan fingerprint density at radius 1 is 1.10 bits per heavy atom. The van der Waals surface area contributed by atoms with E-state index in [0.717, 1.165) is 24.3 Å². The number of anilines is 1. The first-order chi connectivity index (χ1) is 9.61. The van der Waals surface area contributed by atoms with E-state index in [0.29, 0.717) is 0 Å². The zero-order valence-corrected chi connectivity index (χ0v) is 12.8. The van der Waals surface area contributed by atoms with Crippen molar-refractivity contribution in [3.05, 3.63) is 53.1 Å². The Labute approximate surface area is 122 Å². The van der Waals surface area contributed by atoms with Crippen LogP contribution in [0.25, 0.3) is 0 Å². The Balaban J connectivity index is 1.69. The molecule has 0 radical (unpaired) electrons. The number of allylic oxidation sites excluding steroid dienone is 3. The molecule has 106 valence electrons. The van der Waals surface area contributed by atoms with E-state index in [-0.39, 0.29) is 0 Å². The molecule has 0 heterocycles. The standard InChI is InChI=1S/C19H25N/c1-13-7-14(2)10-18(9-13)20-12-17-6-4-5-16-8-15(3)11-19(16)17/h4-7,9-10,15-16,19-20H,8,11-12H2,1-3H3/t15-,16?,19?/m0/s1. The lowest BCUT2D eigenvalue weighted by Gasteiger charge is -2.24. The molecule has 1 N–H and O–H groups in total. The molecule has 0 aromatic heterocycles. The molecule has 2 unspecified atom stereocenters. The van der Waals surface area contributed by atoms with Crippen molar-refractivity contribution in [2.45, 2.75) is 33.6 Å². The highest BCUT2D eigenvalue weighted by atomic mass is 14.9. The van der Waals surface area contributed by atoms with Crippen LogP contribution in [0.2, 0.25) is 0 Å². The normalized spacial score (nSPS) is 28.1. The summed E-state index contributed by atoms with van der Waals surface area (Å²) in [6.07, 6.45) is 9.72. The molecule has 2 aliphatic carbocycles. The Morgan fingerprint density at radius 2 is 1.85 bits per heavy atom. The molecular weight excluding hydrogens is 242 g/mol. The van der Waals surface area contributed by atoms with E-state index in [1.807, 2.05) is 0 Å². The van der Waals surface area contributed by atoms with Gasteiger partial charge in [0.15, 0.2) is 0 Å². The summed E-state index contributed by atoms with van der Waals surface area (Å²) in [6, 6.07) is 6.70. The van der Waals surface area contributed by atoms with E-state index in [4.69, 9.17) is 0 Å². The van der Waals surface area contributed by atoms with Gasteiger partial charge in [-0.2, -0.15) is 0 Å². The molecule has 1 heteroatoms. The summed E-state index contributed by atoms with van der Waals surface area (Å²) < 4.78 is 0. The van der Waals surface area contributed by atoms with E-state index in [9.17, 15) is 0 Å². The number of benzene rings is 1. The van der Waals surface area contributed by atoms with Gasteiger partial charge in [0, 0.05) is 12.2 Å². The highest BCUT2D eigenvalue weighted by molar-refractivity contribution is 5.49. The topological polar surface area (TPSA) is 12.0 Å². The van der Waals surface area contributed by atoms with Crippen LogP contribution in [-0.4, -0.2) is 6.54 Å². The van der Waals surface area contributed by atoms with Crippen LogP contribution in [0.15, 0.2) is 42.0 Å². The van der Waals surface area contributed by atoms with Crippen molar-refractivity contribution in [1.82, 2.24) is 0 Å². The number of nitrogens with one attached hydrogen (secondary N) is 1. The summed E-state index contributed by atoms with van der Waals surface area (Å²) in [5.41, 5.74) is 5.50. The van der Waals surface area contributed by atoms with Gasteiger partial charge in [-0.15, -0.1) is 0 Å². The van der Waals surface area contributed by atoms with E-state index < -0.39 is 0 Å². The van der Waals surface area contributed by atoms with Crippen molar-refractivity contribution in [1.29, 1.82) is 0 Å². The smallest absolute Gasteiger partial charge is 0.0366 e. The van der Waals surface area contributed by atoms with Crippen LogP contribution in [0, 0.1) is 31.6 Å². The van der Waals surface area contributed by atoms with Crippen LogP contribution in [0.4, 0.5) is 5.69 Å². The van der Waals surface area contributed by atoms with E-state index in [1.165, 1.54) is 29.7 Å². The second-order valence-electron chi connectivity index (χ2n) is 6.70. The van der Waals surface area contributed by atoms with Crippen molar-refractivity contribution in [3.63, 3.8) is 0 Å². The lowest BCUT2D eigenvalue weighted by Crippen LogP contribution is -2.18. The maximum atomic E-state index is 3.62.